The molecule has 3 rings (SSSR count). The fourth-order valence-electron chi connectivity index (χ4n) is 2.59. The van der Waals surface area contributed by atoms with Gasteiger partial charge in [-0.15, -0.1) is 0 Å². The quantitative estimate of drug-likeness (QED) is 0.619. The second-order valence-electron chi connectivity index (χ2n) is 6.03. The van der Waals surface area contributed by atoms with E-state index in [0.29, 0.717) is 5.39 Å². The van der Waals surface area contributed by atoms with Crippen molar-refractivity contribution in [1.82, 2.24) is 4.98 Å². The van der Waals surface area contributed by atoms with Crippen LogP contribution < -0.4 is 9.47 Å². The zero-order valence-electron chi connectivity index (χ0n) is 15.1. The molecule has 3 aromatic rings. The van der Waals surface area contributed by atoms with E-state index in [1.165, 1.54) is 43.5 Å². The number of sulfone groups is 2. The molecule has 7 nitrogen and oxygen atoms in total. The van der Waals surface area contributed by atoms with Crippen LogP contribution in [0, 0.1) is 5.82 Å². The third-order valence-corrected chi connectivity index (χ3v) is 6.00. The Balaban J connectivity index is 2.27. The van der Waals surface area contributed by atoms with E-state index < -0.39 is 31.2 Å². The molecule has 0 aliphatic carbocycles. The molecule has 10 heteroatoms. The van der Waals surface area contributed by atoms with E-state index in [0.717, 1.165) is 18.6 Å². The molecule has 0 aliphatic rings. The summed E-state index contributed by atoms with van der Waals surface area (Å²) in [5.41, 5.74) is 0.260. The Morgan fingerprint density at radius 2 is 1.61 bits per heavy atom. The Morgan fingerprint density at radius 3 is 2.21 bits per heavy atom. The summed E-state index contributed by atoms with van der Waals surface area (Å²) in [5.74, 6) is -1.14. The number of hydrogen-bond acceptors (Lipinski definition) is 7. The van der Waals surface area contributed by atoms with Gasteiger partial charge in [-0.2, -0.15) is 0 Å². The summed E-state index contributed by atoms with van der Waals surface area (Å²) in [5, 5.41) is 0.188. The van der Waals surface area contributed by atoms with E-state index >= 15 is 0 Å². The van der Waals surface area contributed by atoms with Gasteiger partial charge in [-0.05, 0) is 36.4 Å². The van der Waals surface area contributed by atoms with E-state index in [1.807, 2.05) is 0 Å². The second kappa shape index (κ2) is 7.02. The minimum atomic E-state index is -3.78. The van der Waals surface area contributed by atoms with E-state index in [2.05, 4.69) is 4.98 Å². The van der Waals surface area contributed by atoms with Gasteiger partial charge in [-0.1, -0.05) is 6.07 Å². The Hall–Kier alpha value is -2.72. The maximum absolute atomic E-state index is 14.4. The van der Waals surface area contributed by atoms with Crippen molar-refractivity contribution in [2.75, 3.05) is 19.6 Å². The predicted octanol–water partition coefficient (Wildman–Crippen LogP) is 2.98. The Bertz CT molecular complexity index is 1290. The second-order valence-corrected chi connectivity index (χ2v) is 9.97. The molecule has 0 amide bonds. The predicted molar refractivity (Wildman–Crippen MR) is 101 cm³/mol. The van der Waals surface area contributed by atoms with Gasteiger partial charge in [0.2, 0.25) is 0 Å². The minimum absolute atomic E-state index is 0.0163. The van der Waals surface area contributed by atoms with E-state index in [1.54, 1.807) is 0 Å². The average Bonchev–Trinajstić information content (AvgIpc) is 2.61. The first-order valence-corrected chi connectivity index (χ1v) is 11.6. The molecule has 1 aromatic heterocycles. The van der Waals surface area contributed by atoms with E-state index in [4.69, 9.17) is 9.47 Å². The van der Waals surface area contributed by atoms with Gasteiger partial charge < -0.3 is 9.47 Å². The Kier molecular flexibility index (Phi) is 5.02. The number of benzene rings is 2. The van der Waals surface area contributed by atoms with Crippen molar-refractivity contribution in [3.8, 4) is 17.2 Å². The molecular weight excluding hydrogens is 409 g/mol. The summed E-state index contributed by atoms with van der Waals surface area (Å²) in [6, 6.07) is 9.28. The number of aromatic nitrogens is 1. The number of fused-ring (bicyclic) bond motifs is 1. The SMILES string of the molecule is COc1ccc2nc(S(C)(=O)=O)ccc2c1Oc1c(F)cccc1S(C)(=O)=O. The molecule has 0 unspecified atom stereocenters. The van der Waals surface area contributed by atoms with Crippen molar-refractivity contribution in [2.24, 2.45) is 0 Å². The van der Waals surface area contributed by atoms with Crippen LogP contribution in [0.1, 0.15) is 0 Å². The van der Waals surface area contributed by atoms with Crippen LogP contribution in [0.2, 0.25) is 0 Å². The normalized spacial score (nSPS) is 12.1. The van der Waals surface area contributed by atoms with Crippen molar-refractivity contribution in [3.05, 3.63) is 48.3 Å². The van der Waals surface area contributed by atoms with Crippen LogP contribution in [0.15, 0.2) is 52.4 Å². The van der Waals surface area contributed by atoms with Crippen LogP contribution >= 0.6 is 0 Å². The van der Waals surface area contributed by atoms with Gasteiger partial charge >= 0.3 is 0 Å². The largest absolute Gasteiger partial charge is 0.493 e. The highest BCUT2D eigenvalue weighted by molar-refractivity contribution is 7.91. The van der Waals surface area contributed by atoms with Gasteiger partial charge in [0, 0.05) is 17.9 Å². The van der Waals surface area contributed by atoms with Crippen LogP contribution in [-0.4, -0.2) is 41.4 Å². The number of halogens is 1. The maximum Gasteiger partial charge on any atom is 0.192 e. The first-order valence-electron chi connectivity index (χ1n) is 7.86. The number of nitrogens with zero attached hydrogens (tertiary/aromatic N) is 1. The molecule has 28 heavy (non-hydrogen) atoms. The summed E-state index contributed by atoms with van der Waals surface area (Å²) >= 11 is 0. The molecular formula is C18H16FNO6S2. The highest BCUT2D eigenvalue weighted by Crippen LogP contribution is 2.41. The number of methoxy groups -OCH3 is 1. The summed E-state index contributed by atoms with van der Waals surface area (Å²) in [7, 11) is -5.95. The van der Waals surface area contributed by atoms with Crippen molar-refractivity contribution in [1.29, 1.82) is 0 Å². The molecule has 0 atom stereocenters. The third-order valence-electron chi connectivity index (χ3n) is 3.89. The fourth-order valence-corrected chi connectivity index (χ4v) is 3.97. The van der Waals surface area contributed by atoms with Crippen LogP contribution in [-0.2, 0) is 19.7 Å². The number of para-hydroxylation sites is 1. The maximum atomic E-state index is 14.4. The van der Waals surface area contributed by atoms with Gasteiger partial charge in [0.05, 0.1) is 12.6 Å². The molecule has 0 saturated heterocycles. The smallest absolute Gasteiger partial charge is 0.192 e. The van der Waals surface area contributed by atoms with Crippen LogP contribution in [0.25, 0.3) is 10.9 Å². The number of pyridine rings is 1. The lowest BCUT2D eigenvalue weighted by Crippen LogP contribution is -2.04. The van der Waals surface area contributed by atoms with Gasteiger partial charge in [-0.3, -0.25) is 0 Å². The number of hydrogen-bond donors (Lipinski definition) is 0. The fraction of sp³-hybridized carbons (Fsp3) is 0.167. The topological polar surface area (TPSA) is 99.6 Å². The van der Waals surface area contributed by atoms with Gasteiger partial charge in [0.15, 0.2) is 47.8 Å². The molecule has 2 aromatic carbocycles. The molecule has 0 bridgehead atoms. The zero-order valence-corrected chi connectivity index (χ0v) is 16.8. The molecule has 148 valence electrons. The highest BCUT2D eigenvalue weighted by Gasteiger charge is 2.22. The Morgan fingerprint density at radius 1 is 0.893 bits per heavy atom. The van der Waals surface area contributed by atoms with Gasteiger partial charge in [-0.25, -0.2) is 26.2 Å². The van der Waals surface area contributed by atoms with Gasteiger partial charge in [0.1, 0.15) is 4.90 Å². The zero-order chi connectivity index (χ0) is 20.7. The lowest BCUT2D eigenvalue weighted by atomic mass is 10.2. The summed E-state index contributed by atoms with van der Waals surface area (Å²) in [6.45, 7) is 0. The average molecular weight is 425 g/mol. The van der Waals surface area contributed by atoms with Crippen molar-refractivity contribution in [3.63, 3.8) is 0 Å². The lowest BCUT2D eigenvalue weighted by molar-refractivity contribution is 0.369. The summed E-state index contributed by atoms with van der Waals surface area (Å²) in [6.07, 6.45) is 1.97. The first kappa shape index (κ1) is 20.0. The number of rotatable bonds is 5. The number of ether oxygens (including phenoxy) is 2. The van der Waals surface area contributed by atoms with Crippen LogP contribution in [0.5, 0.6) is 17.2 Å². The monoisotopic (exact) mass is 425 g/mol. The van der Waals surface area contributed by atoms with Crippen LogP contribution in [0.4, 0.5) is 4.39 Å². The molecule has 0 fully saturated rings. The van der Waals surface area contributed by atoms with Crippen molar-refractivity contribution >= 4 is 30.6 Å². The molecule has 0 spiro atoms. The molecule has 0 radical (unpaired) electrons. The minimum Gasteiger partial charge on any atom is -0.493 e. The molecule has 0 aliphatic heterocycles. The van der Waals surface area contributed by atoms with Crippen molar-refractivity contribution in [2.45, 2.75) is 9.92 Å². The third kappa shape index (κ3) is 3.78. The Labute approximate surface area is 161 Å². The van der Waals surface area contributed by atoms with E-state index in [-0.39, 0.29) is 26.9 Å². The molecule has 0 saturated carbocycles. The van der Waals surface area contributed by atoms with Gasteiger partial charge in [0.25, 0.3) is 0 Å². The lowest BCUT2D eigenvalue weighted by Gasteiger charge is -2.15. The van der Waals surface area contributed by atoms with Crippen molar-refractivity contribution < 1.29 is 30.7 Å². The summed E-state index contributed by atoms with van der Waals surface area (Å²) < 4.78 is 72.8. The molecule has 0 N–H and O–H groups in total. The highest BCUT2D eigenvalue weighted by atomic mass is 32.2. The summed E-state index contributed by atoms with van der Waals surface area (Å²) in [4.78, 5) is 3.76. The standard InChI is InChI=1S/C18H16FNO6S2/c1-25-14-9-8-13-11(7-10-16(20-13)28(3,23)24)17(14)26-18-12(19)5-4-6-15(18)27(2,21)22/h4-10H,1-3H3. The first-order chi connectivity index (χ1) is 13.0. The van der Waals surface area contributed by atoms with Crippen LogP contribution in [0.3, 0.4) is 0 Å². The van der Waals surface area contributed by atoms with E-state index in [9.17, 15) is 21.2 Å². The molecule has 1 heterocycles.